The first-order valence-electron chi connectivity index (χ1n) is 6.25. The van der Waals surface area contributed by atoms with Crippen molar-refractivity contribution in [1.29, 1.82) is 0 Å². The van der Waals surface area contributed by atoms with Crippen LogP contribution in [0.5, 0.6) is 0 Å². The van der Waals surface area contributed by atoms with Gasteiger partial charge in [-0.1, -0.05) is 6.07 Å². The number of nitrogens with zero attached hydrogens (tertiary/aromatic N) is 2. The Labute approximate surface area is 112 Å². The molecule has 5 heteroatoms. The third kappa shape index (κ3) is 3.85. The van der Waals surface area contributed by atoms with Crippen LogP contribution in [0.1, 0.15) is 18.2 Å². The molecule has 0 saturated heterocycles. The Morgan fingerprint density at radius 3 is 3.22 bits per heavy atom. The topological polar surface area (TPSA) is 39.1 Å². The number of aromatic nitrogens is 2. The van der Waals surface area contributed by atoms with E-state index in [9.17, 15) is 0 Å². The lowest BCUT2D eigenvalue weighted by atomic mass is 10.4. The van der Waals surface area contributed by atoms with E-state index in [1.165, 1.54) is 4.88 Å². The van der Waals surface area contributed by atoms with E-state index >= 15 is 0 Å². The van der Waals surface area contributed by atoms with Crippen molar-refractivity contribution in [3.8, 4) is 0 Å². The number of ether oxygens (including phenoxy) is 1. The van der Waals surface area contributed by atoms with Gasteiger partial charge in [-0.25, -0.2) is 4.98 Å². The monoisotopic (exact) mass is 265 g/mol. The zero-order valence-electron chi connectivity index (χ0n) is 10.6. The van der Waals surface area contributed by atoms with Gasteiger partial charge in [-0.05, 0) is 24.8 Å². The van der Waals surface area contributed by atoms with Crippen LogP contribution in [0, 0.1) is 0 Å². The fourth-order valence-electron chi connectivity index (χ4n) is 1.69. The molecule has 18 heavy (non-hydrogen) atoms. The summed E-state index contributed by atoms with van der Waals surface area (Å²) in [7, 11) is 0. The van der Waals surface area contributed by atoms with Gasteiger partial charge in [0.05, 0.1) is 6.54 Å². The van der Waals surface area contributed by atoms with Crippen molar-refractivity contribution in [1.82, 2.24) is 9.55 Å². The van der Waals surface area contributed by atoms with Gasteiger partial charge in [0.2, 0.25) is 5.95 Å². The van der Waals surface area contributed by atoms with Crippen molar-refractivity contribution in [2.24, 2.45) is 0 Å². The molecule has 0 aliphatic carbocycles. The Kier molecular flexibility index (Phi) is 5.23. The van der Waals surface area contributed by atoms with Crippen molar-refractivity contribution in [2.75, 3.05) is 25.1 Å². The molecular weight excluding hydrogens is 246 g/mol. The Morgan fingerprint density at radius 1 is 1.50 bits per heavy atom. The lowest BCUT2D eigenvalue weighted by molar-refractivity contribution is 0.147. The molecule has 0 saturated carbocycles. The molecular formula is C13H19N3OS. The van der Waals surface area contributed by atoms with Gasteiger partial charge in [0, 0.05) is 37.0 Å². The maximum absolute atomic E-state index is 5.30. The first-order valence-corrected chi connectivity index (χ1v) is 7.13. The second-order valence-electron chi connectivity index (χ2n) is 3.94. The van der Waals surface area contributed by atoms with Gasteiger partial charge in [-0.2, -0.15) is 0 Å². The predicted molar refractivity (Wildman–Crippen MR) is 75.2 cm³/mol. The molecule has 98 valence electrons. The number of imidazole rings is 1. The van der Waals surface area contributed by atoms with Gasteiger partial charge in [0.25, 0.3) is 0 Å². The summed E-state index contributed by atoms with van der Waals surface area (Å²) in [5.41, 5.74) is 0. The van der Waals surface area contributed by atoms with Gasteiger partial charge < -0.3 is 14.6 Å². The largest absolute Gasteiger partial charge is 0.382 e. The summed E-state index contributed by atoms with van der Waals surface area (Å²) >= 11 is 1.77. The summed E-state index contributed by atoms with van der Waals surface area (Å²) in [6.07, 6.45) is 4.84. The highest BCUT2D eigenvalue weighted by Crippen LogP contribution is 2.13. The summed E-state index contributed by atoms with van der Waals surface area (Å²) in [4.78, 5) is 5.67. The van der Waals surface area contributed by atoms with Crippen LogP contribution < -0.4 is 5.32 Å². The van der Waals surface area contributed by atoms with Crippen LogP contribution in [-0.2, 0) is 11.3 Å². The molecule has 0 amide bonds. The average Bonchev–Trinajstić information content (AvgIpc) is 3.02. The Balaban J connectivity index is 1.80. The van der Waals surface area contributed by atoms with Crippen molar-refractivity contribution in [2.45, 2.75) is 19.9 Å². The highest BCUT2D eigenvalue weighted by atomic mass is 32.1. The van der Waals surface area contributed by atoms with E-state index < -0.39 is 0 Å². The van der Waals surface area contributed by atoms with Gasteiger partial charge >= 0.3 is 0 Å². The molecule has 0 aromatic carbocycles. The number of thiophene rings is 1. The maximum atomic E-state index is 5.30. The van der Waals surface area contributed by atoms with E-state index in [-0.39, 0.29) is 0 Å². The lowest BCUT2D eigenvalue weighted by Gasteiger charge is -2.08. The molecule has 0 radical (unpaired) electrons. The molecule has 2 heterocycles. The van der Waals surface area contributed by atoms with E-state index in [0.29, 0.717) is 0 Å². The Morgan fingerprint density at radius 2 is 2.44 bits per heavy atom. The van der Waals surface area contributed by atoms with Crippen LogP contribution in [-0.4, -0.2) is 29.3 Å². The van der Waals surface area contributed by atoms with E-state index in [4.69, 9.17) is 4.74 Å². The quantitative estimate of drug-likeness (QED) is 0.746. The molecule has 0 bridgehead atoms. The SMILES string of the molecule is CCOCCCNc1nccn1Cc1cccs1. The summed E-state index contributed by atoms with van der Waals surface area (Å²) in [5.74, 6) is 0.930. The number of anilines is 1. The molecule has 0 unspecified atom stereocenters. The molecule has 2 aromatic rings. The molecule has 0 atom stereocenters. The van der Waals surface area contributed by atoms with Crippen molar-refractivity contribution in [3.05, 3.63) is 34.8 Å². The van der Waals surface area contributed by atoms with E-state index in [1.54, 1.807) is 11.3 Å². The third-order valence-corrected chi connectivity index (χ3v) is 3.44. The highest BCUT2D eigenvalue weighted by molar-refractivity contribution is 7.09. The fourth-order valence-corrected chi connectivity index (χ4v) is 2.40. The molecule has 0 aliphatic rings. The molecule has 4 nitrogen and oxygen atoms in total. The van der Waals surface area contributed by atoms with E-state index in [0.717, 1.165) is 38.7 Å². The second-order valence-corrected chi connectivity index (χ2v) is 4.97. The Hall–Kier alpha value is -1.33. The first-order chi connectivity index (χ1) is 8.90. The summed E-state index contributed by atoms with van der Waals surface area (Å²) in [5, 5.41) is 5.44. The Bertz CT molecular complexity index is 439. The van der Waals surface area contributed by atoms with Crippen LogP contribution in [0.25, 0.3) is 0 Å². The van der Waals surface area contributed by atoms with Crippen LogP contribution >= 0.6 is 11.3 Å². The molecule has 0 fully saturated rings. The standard InChI is InChI=1S/C13H19N3OS/c1-2-17-9-4-6-14-13-15-7-8-16(13)11-12-5-3-10-18-12/h3,5,7-8,10H,2,4,6,9,11H2,1H3,(H,14,15). The van der Waals surface area contributed by atoms with Gasteiger partial charge in [-0.3, -0.25) is 0 Å². The van der Waals surface area contributed by atoms with Crippen molar-refractivity contribution >= 4 is 17.3 Å². The third-order valence-electron chi connectivity index (χ3n) is 2.57. The van der Waals surface area contributed by atoms with E-state index in [2.05, 4.69) is 32.4 Å². The summed E-state index contributed by atoms with van der Waals surface area (Å²) in [6.45, 7) is 5.37. The number of hydrogen-bond donors (Lipinski definition) is 1. The molecule has 0 aliphatic heterocycles. The van der Waals surface area contributed by atoms with Gasteiger partial charge in [-0.15, -0.1) is 11.3 Å². The fraction of sp³-hybridized carbons (Fsp3) is 0.462. The second kappa shape index (κ2) is 7.18. The van der Waals surface area contributed by atoms with Gasteiger partial charge in [0.15, 0.2) is 0 Å². The minimum Gasteiger partial charge on any atom is -0.382 e. The molecule has 2 aromatic heterocycles. The van der Waals surface area contributed by atoms with Gasteiger partial charge in [0.1, 0.15) is 0 Å². The maximum Gasteiger partial charge on any atom is 0.203 e. The van der Waals surface area contributed by atoms with Crippen LogP contribution in [0.4, 0.5) is 5.95 Å². The number of nitrogens with one attached hydrogen (secondary N) is 1. The van der Waals surface area contributed by atoms with Crippen molar-refractivity contribution in [3.63, 3.8) is 0 Å². The average molecular weight is 265 g/mol. The molecule has 0 spiro atoms. The smallest absolute Gasteiger partial charge is 0.203 e. The predicted octanol–water partition coefficient (Wildman–Crippen LogP) is 2.83. The number of rotatable bonds is 8. The zero-order chi connectivity index (χ0) is 12.6. The highest BCUT2D eigenvalue weighted by Gasteiger charge is 2.03. The van der Waals surface area contributed by atoms with Crippen LogP contribution in [0.2, 0.25) is 0 Å². The van der Waals surface area contributed by atoms with Crippen molar-refractivity contribution < 1.29 is 4.74 Å². The minimum atomic E-state index is 0.785. The van der Waals surface area contributed by atoms with Crippen LogP contribution in [0.3, 0.4) is 0 Å². The molecule has 1 N–H and O–H groups in total. The minimum absolute atomic E-state index is 0.785. The lowest BCUT2D eigenvalue weighted by Crippen LogP contribution is -2.10. The summed E-state index contributed by atoms with van der Waals surface area (Å²) < 4.78 is 7.43. The normalized spacial score (nSPS) is 10.7. The number of hydrogen-bond acceptors (Lipinski definition) is 4. The summed E-state index contributed by atoms with van der Waals surface area (Å²) in [6, 6.07) is 4.22. The van der Waals surface area contributed by atoms with Crippen LogP contribution in [0.15, 0.2) is 29.9 Å². The van der Waals surface area contributed by atoms with E-state index in [1.807, 2.05) is 19.3 Å². The zero-order valence-corrected chi connectivity index (χ0v) is 11.4. The first kappa shape index (κ1) is 13.1. The molecule has 2 rings (SSSR count).